The van der Waals surface area contributed by atoms with E-state index in [0.29, 0.717) is 46.6 Å². The molecule has 3 heterocycles. The molecule has 0 fully saturated rings. The molecule has 0 saturated carbocycles. The van der Waals surface area contributed by atoms with Gasteiger partial charge in [-0.15, -0.1) is 0 Å². The van der Waals surface area contributed by atoms with Gasteiger partial charge in [-0.05, 0) is 44.0 Å². The van der Waals surface area contributed by atoms with E-state index in [2.05, 4.69) is 15.4 Å². The summed E-state index contributed by atoms with van der Waals surface area (Å²) in [6.45, 7) is 4.15. The smallest absolute Gasteiger partial charge is 0.339 e. The molecule has 0 aliphatic rings. The number of aryl methyl sites for hydroxylation is 4. The summed E-state index contributed by atoms with van der Waals surface area (Å²) >= 11 is 0. The number of furan rings is 1. The van der Waals surface area contributed by atoms with Gasteiger partial charge in [0.15, 0.2) is 11.4 Å². The van der Waals surface area contributed by atoms with E-state index in [1.54, 1.807) is 36.2 Å². The Bertz CT molecular complexity index is 1270. The monoisotopic (exact) mass is 446 g/mol. The second-order valence-electron chi connectivity index (χ2n) is 7.91. The number of hydrogen-bond donors (Lipinski definition) is 1. The molecule has 0 aliphatic carbocycles. The van der Waals surface area contributed by atoms with Crippen molar-refractivity contribution < 1.29 is 18.7 Å². The number of amides is 1. The summed E-state index contributed by atoms with van der Waals surface area (Å²) < 4.78 is 12.5. The molecule has 8 nitrogen and oxygen atoms in total. The number of hydrogen-bond acceptors (Lipinski definition) is 6. The van der Waals surface area contributed by atoms with Crippen LogP contribution in [0, 0.1) is 13.8 Å². The van der Waals surface area contributed by atoms with Gasteiger partial charge < -0.3 is 14.5 Å². The van der Waals surface area contributed by atoms with Crippen LogP contribution in [-0.2, 0) is 23.0 Å². The Hall–Kier alpha value is -3.94. The van der Waals surface area contributed by atoms with Gasteiger partial charge in [0.05, 0.1) is 29.5 Å². The predicted octanol–water partition coefficient (Wildman–Crippen LogP) is 3.75. The van der Waals surface area contributed by atoms with Crippen LogP contribution < -0.4 is 5.32 Å². The number of aromatic nitrogens is 3. The number of nitrogens with zero attached hydrogens (tertiary/aromatic N) is 3. The zero-order chi connectivity index (χ0) is 23.4. The molecule has 0 unspecified atom stereocenters. The van der Waals surface area contributed by atoms with Crippen molar-refractivity contribution in [2.45, 2.75) is 26.7 Å². The third-order valence-corrected chi connectivity index (χ3v) is 5.38. The average molecular weight is 447 g/mol. The molecule has 0 aliphatic heterocycles. The molecule has 0 radical (unpaired) electrons. The number of benzene rings is 1. The van der Waals surface area contributed by atoms with Crippen molar-refractivity contribution in [1.82, 2.24) is 20.1 Å². The Morgan fingerprint density at radius 3 is 2.67 bits per heavy atom. The third-order valence-electron chi connectivity index (χ3n) is 5.38. The standard InChI is InChI=1S/C25H26N4O4/c1-16-6-8-18(9-7-16)10-11-22(30)26-12-14-33-25(31)19-15-20(21-5-4-13-32-21)27-24-23(19)17(2)28-29(24)3/h4-9,13,15H,10-12,14H2,1-3H3,(H,26,30). The van der Waals surface area contributed by atoms with E-state index in [-0.39, 0.29) is 19.1 Å². The normalized spacial score (nSPS) is 11.0. The molecule has 170 valence electrons. The Kier molecular flexibility index (Phi) is 6.53. The molecule has 0 bridgehead atoms. The molecule has 33 heavy (non-hydrogen) atoms. The van der Waals surface area contributed by atoms with Crippen molar-refractivity contribution in [2.24, 2.45) is 7.05 Å². The molecule has 3 aromatic heterocycles. The van der Waals surface area contributed by atoms with Gasteiger partial charge in [0.25, 0.3) is 0 Å². The molecule has 0 atom stereocenters. The summed E-state index contributed by atoms with van der Waals surface area (Å²) in [4.78, 5) is 29.6. The Morgan fingerprint density at radius 2 is 1.94 bits per heavy atom. The van der Waals surface area contributed by atoms with Crippen LogP contribution in [0.5, 0.6) is 0 Å². The minimum atomic E-state index is -0.500. The number of esters is 1. The number of carbonyl (C=O) groups excluding carboxylic acids is 2. The van der Waals surface area contributed by atoms with E-state index >= 15 is 0 Å². The van der Waals surface area contributed by atoms with Crippen LogP contribution >= 0.6 is 0 Å². The zero-order valence-corrected chi connectivity index (χ0v) is 18.9. The highest BCUT2D eigenvalue weighted by Gasteiger charge is 2.21. The van der Waals surface area contributed by atoms with Crippen molar-refractivity contribution in [2.75, 3.05) is 13.2 Å². The lowest BCUT2D eigenvalue weighted by atomic mass is 10.1. The quantitative estimate of drug-likeness (QED) is 0.327. The molecule has 0 saturated heterocycles. The van der Waals surface area contributed by atoms with Crippen LogP contribution in [0.4, 0.5) is 0 Å². The second-order valence-corrected chi connectivity index (χ2v) is 7.91. The Labute approximate surface area is 191 Å². The van der Waals surface area contributed by atoms with Crippen LogP contribution in [0.2, 0.25) is 0 Å². The minimum absolute atomic E-state index is 0.0638. The van der Waals surface area contributed by atoms with Gasteiger partial charge in [-0.2, -0.15) is 5.10 Å². The molecule has 1 N–H and O–H groups in total. The summed E-state index contributed by atoms with van der Waals surface area (Å²) in [6, 6.07) is 13.3. The van der Waals surface area contributed by atoms with Crippen molar-refractivity contribution in [3.05, 3.63) is 71.1 Å². The molecule has 1 amide bonds. The van der Waals surface area contributed by atoms with Gasteiger partial charge in [-0.3, -0.25) is 9.48 Å². The number of fused-ring (bicyclic) bond motifs is 1. The molecule has 4 rings (SSSR count). The van der Waals surface area contributed by atoms with Gasteiger partial charge in [0.1, 0.15) is 12.3 Å². The van der Waals surface area contributed by atoms with E-state index < -0.39 is 5.97 Å². The highest BCUT2D eigenvalue weighted by atomic mass is 16.5. The topological polar surface area (TPSA) is 99.2 Å². The van der Waals surface area contributed by atoms with Crippen molar-refractivity contribution >= 4 is 22.9 Å². The van der Waals surface area contributed by atoms with Crippen molar-refractivity contribution in [3.63, 3.8) is 0 Å². The zero-order valence-electron chi connectivity index (χ0n) is 18.9. The van der Waals surface area contributed by atoms with Crippen molar-refractivity contribution in [1.29, 1.82) is 0 Å². The highest BCUT2D eigenvalue weighted by molar-refractivity contribution is 6.04. The lowest BCUT2D eigenvalue weighted by Crippen LogP contribution is -2.28. The van der Waals surface area contributed by atoms with Gasteiger partial charge in [0.2, 0.25) is 5.91 Å². The maximum atomic E-state index is 12.9. The first-order valence-electron chi connectivity index (χ1n) is 10.8. The summed E-state index contributed by atoms with van der Waals surface area (Å²) in [7, 11) is 1.77. The number of pyridine rings is 1. The first-order chi connectivity index (χ1) is 15.9. The average Bonchev–Trinajstić information content (AvgIpc) is 3.44. The fourth-order valence-electron chi connectivity index (χ4n) is 3.67. The first kappa shape index (κ1) is 22.3. The number of nitrogens with one attached hydrogen (secondary N) is 1. The molecular formula is C25H26N4O4. The van der Waals surface area contributed by atoms with E-state index in [0.717, 1.165) is 5.56 Å². The van der Waals surface area contributed by atoms with Crippen LogP contribution in [0.25, 0.3) is 22.5 Å². The largest absolute Gasteiger partial charge is 0.463 e. The molecular weight excluding hydrogens is 420 g/mol. The van der Waals surface area contributed by atoms with E-state index in [1.165, 1.54) is 5.56 Å². The maximum absolute atomic E-state index is 12.9. The van der Waals surface area contributed by atoms with Crippen LogP contribution in [0.3, 0.4) is 0 Å². The van der Waals surface area contributed by atoms with Crippen LogP contribution in [-0.4, -0.2) is 39.8 Å². The van der Waals surface area contributed by atoms with Gasteiger partial charge in [0, 0.05) is 13.5 Å². The SMILES string of the molecule is Cc1ccc(CCC(=O)NCCOC(=O)c2cc(-c3ccco3)nc3c2c(C)nn3C)cc1. The van der Waals surface area contributed by atoms with Gasteiger partial charge in [-0.1, -0.05) is 29.8 Å². The Morgan fingerprint density at radius 1 is 1.15 bits per heavy atom. The van der Waals surface area contributed by atoms with Crippen molar-refractivity contribution in [3.8, 4) is 11.5 Å². The molecule has 8 heteroatoms. The second kappa shape index (κ2) is 9.68. The maximum Gasteiger partial charge on any atom is 0.339 e. The summed E-state index contributed by atoms with van der Waals surface area (Å²) in [6.07, 6.45) is 2.59. The number of carbonyl (C=O) groups is 2. The third kappa shape index (κ3) is 5.11. The highest BCUT2D eigenvalue weighted by Crippen LogP contribution is 2.27. The van der Waals surface area contributed by atoms with Crippen LogP contribution in [0.15, 0.2) is 53.1 Å². The first-order valence-corrected chi connectivity index (χ1v) is 10.8. The summed E-state index contributed by atoms with van der Waals surface area (Å²) in [5.74, 6) is -0.0352. The summed E-state index contributed by atoms with van der Waals surface area (Å²) in [5, 5.41) is 7.82. The fourth-order valence-corrected chi connectivity index (χ4v) is 3.67. The molecule has 0 spiro atoms. The van der Waals surface area contributed by atoms with Gasteiger partial charge in [-0.25, -0.2) is 9.78 Å². The predicted molar refractivity (Wildman–Crippen MR) is 124 cm³/mol. The van der Waals surface area contributed by atoms with Gasteiger partial charge >= 0.3 is 5.97 Å². The van der Waals surface area contributed by atoms with E-state index in [1.807, 2.05) is 38.1 Å². The summed E-state index contributed by atoms with van der Waals surface area (Å²) in [5.41, 5.74) is 4.44. The van der Waals surface area contributed by atoms with Crippen LogP contribution in [0.1, 0.15) is 33.6 Å². The van der Waals surface area contributed by atoms with E-state index in [4.69, 9.17) is 9.15 Å². The minimum Gasteiger partial charge on any atom is -0.463 e. The molecule has 4 aromatic rings. The Balaban J connectivity index is 1.37. The lowest BCUT2D eigenvalue weighted by molar-refractivity contribution is -0.121. The molecule has 1 aromatic carbocycles. The number of ether oxygens (including phenoxy) is 1. The lowest BCUT2D eigenvalue weighted by Gasteiger charge is -2.09. The fraction of sp³-hybridized carbons (Fsp3) is 0.280. The van der Waals surface area contributed by atoms with E-state index in [9.17, 15) is 9.59 Å². The number of rotatable bonds is 8.